The fourth-order valence-electron chi connectivity index (χ4n) is 1.44. The molecule has 1 aromatic carbocycles. The molecule has 0 fully saturated rings. The Labute approximate surface area is 121 Å². The molecule has 0 unspecified atom stereocenters. The number of nitro groups is 1. The smallest absolute Gasteiger partial charge is 0.354 e. The van der Waals surface area contributed by atoms with Crippen LogP contribution in [0.1, 0.15) is 10.5 Å². The van der Waals surface area contributed by atoms with Crippen molar-refractivity contribution in [2.45, 2.75) is 0 Å². The Morgan fingerprint density at radius 1 is 1.35 bits per heavy atom. The Kier molecular flexibility index (Phi) is 3.94. The molecule has 102 valence electrons. The van der Waals surface area contributed by atoms with Gasteiger partial charge in [-0.05, 0) is 18.2 Å². The van der Waals surface area contributed by atoms with E-state index in [-0.39, 0.29) is 22.9 Å². The van der Waals surface area contributed by atoms with Gasteiger partial charge in [-0.3, -0.25) is 10.1 Å². The SMILES string of the molecule is O=C(O)c1cc(Oc2ccc(Br)cc2[N+](=O)[O-])ccn1. The summed E-state index contributed by atoms with van der Waals surface area (Å²) in [6.07, 6.45) is 1.25. The molecule has 1 N–H and O–H groups in total. The van der Waals surface area contributed by atoms with Crippen molar-refractivity contribution in [1.29, 1.82) is 0 Å². The van der Waals surface area contributed by atoms with Crippen molar-refractivity contribution in [3.8, 4) is 11.5 Å². The predicted octanol–water partition coefficient (Wildman–Crippen LogP) is 3.24. The van der Waals surface area contributed by atoms with Crippen LogP contribution in [0.5, 0.6) is 11.5 Å². The highest BCUT2D eigenvalue weighted by Crippen LogP contribution is 2.33. The van der Waals surface area contributed by atoms with Gasteiger partial charge in [0.2, 0.25) is 5.75 Å². The van der Waals surface area contributed by atoms with Gasteiger partial charge in [-0.15, -0.1) is 0 Å². The Hall–Kier alpha value is -2.48. The van der Waals surface area contributed by atoms with Crippen molar-refractivity contribution in [3.05, 3.63) is 56.8 Å². The number of benzene rings is 1. The summed E-state index contributed by atoms with van der Waals surface area (Å²) in [6, 6.07) is 6.91. The molecule has 2 rings (SSSR count). The van der Waals surface area contributed by atoms with Gasteiger partial charge in [-0.2, -0.15) is 0 Å². The third-order valence-corrected chi connectivity index (χ3v) is 2.79. The second-order valence-corrected chi connectivity index (χ2v) is 4.57. The van der Waals surface area contributed by atoms with Crippen LogP contribution in [0.4, 0.5) is 5.69 Å². The molecule has 0 saturated carbocycles. The van der Waals surface area contributed by atoms with Gasteiger partial charge in [0.1, 0.15) is 5.75 Å². The van der Waals surface area contributed by atoms with E-state index in [2.05, 4.69) is 20.9 Å². The minimum absolute atomic E-state index is 0.0146. The lowest BCUT2D eigenvalue weighted by atomic mass is 10.3. The van der Waals surface area contributed by atoms with Gasteiger partial charge in [-0.25, -0.2) is 9.78 Å². The first-order valence-corrected chi connectivity index (χ1v) is 6.08. The Morgan fingerprint density at radius 2 is 2.10 bits per heavy atom. The third-order valence-electron chi connectivity index (χ3n) is 2.30. The van der Waals surface area contributed by atoms with Crippen LogP contribution >= 0.6 is 15.9 Å². The first-order valence-electron chi connectivity index (χ1n) is 5.28. The molecule has 0 aliphatic carbocycles. The van der Waals surface area contributed by atoms with Gasteiger partial charge in [0.05, 0.1) is 4.92 Å². The Bertz CT molecular complexity index is 689. The highest BCUT2D eigenvalue weighted by atomic mass is 79.9. The van der Waals surface area contributed by atoms with Crippen LogP contribution in [0.2, 0.25) is 0 Å². The number of carbonyl (C=O) groups is 1. The molecule has 0 saturated heterocycles. The molecule has 0 bridgehead atoms. The normalized spacial score (nSPS) is 10.1. The molecule has 0 atom stereocenters. The predicted molar refractivity (Wildman–Crippen MR) is 72.1 cm³/mol. The maximum absolute atomic E-state index is 10.9. The summed E-state index contributed by atoms with van der Waals surface area (Å²) in [5.41, 5.74) is -0.435. The van der Waals surface area contributed by atoms with Crippen molar-refractivity contribution in [2.24, 2.45) is 0 Å². The summed E-state index contributed by atoms with van der Waals surface area (Å²) in [5, 5.41) is 19.8. The highest BCUT2D eigenvalue weighted by molar-refractivity contribution is 9.10. The number of aromatic carboxylic acids is 1. The molecule has 2 aromatic rings. The number of ether oxygens (including phenoxy) is 1. The van der Waals surface area contributed by atoms with Gasteiger partial charge < -0.3 is 9.84 Å². The zero-order chi connectivity index (χ0) is 14.7. The monoisotopic (exact) mass is 338 g/mol. The molecule has 0 aliphatic rings. The highest BCUT2D eigenvalue weighted by Gasteiger charge is 2.17. The lowest BCUT2D eigenvalue weighted by Gasteiger charge is -2.06. The van der Waals surface area contributed by atoms with E-state index in [0.717, 1.165) is 0 Å². The molecule has 1 aromatic heterocycles. The van der Waals surface area contributed by atoms with Gasteiger partial charge in [0.25, 0.3) is 0 Å². The van der Waals surface area contributed by atoms with Crippen LogP contribution in [0.3, 0.4) is 0 Å². The molecular weight excluding hydrogens is 332 g/mol. The lowest BCUT2D eigenvalue weighted by Crippen LogP contribution is -2.00. The number of nitrogens with zero attached hydrogens (tertiary/aromatic N) is 2. The summed E-state index contributed by atoms with van der Waals surface area (Å²) >= 11 is 3.13. The number of pyridine rings is 1. The van der Waals surface area contributed by atoms with Gasteiger partial charge in [-0.1, -0.05) is 15.9 Å². The van der Waals surface area contributed by atoms with E-state index in [1.54, 1.807) is 6.07 Å². The maximum Gasteiger partial charge on any atom is 0.354 e. The Balaban J connectivity index is 2.37. The number of aromatic nitrogens is 1. The quantitative estimate of drug-likeness (QED) is 0.678. The topological polar surface area (TPSA) is 103 Å². The van der Waals surface area contributed by atoms with Gasteiger partial charge >= 0.3 is 11.7 Å². The van der Waals surface area contributed by atoms with E-state index in [1.165, 1.54) is 30.5 Å². The van der Waals surface area contributed by atoms with E-state index in [1.807, 2.05) is 0 Å². The average Bonchev–Trinajstić information content (AvgIpc) is 2.41. The molecule has 0 amide bonds. The van der Waals surface area contributed by atoms with Crippen molar-refractivity contribution < 1.29 is 19.6 Å². The van der Waals surface area contributed by atoms with Crippen molar-refractivity contribution >= 4 is 27.6 Å². The van der Waals surface area contributed by atoms with Gasteiger partial charge in [0.15, 0.2) is 5.69 Å². The average molecular weight is 339 g/mol. The number of rotatable bonds is 4. The zero-order valence-corrected chi connectivity index (χ0v) is 11.4. The Morgan fingerprint density at radius 3 is 2.75 bits per heavy atom. The number of hydrogen-bond donors (Lipinski definition) is 1. The van der Waals surface area contributed by atoms with E-state index >= 15 is 0 Å². The van der Waals surface area contributed by atoms with Crippen LogP contribution in [-0.2, 0) is 0 Å². The number of carboxylic acids is 1. The fourth-order valence-corrected chi connectivity index (χ4v) is 1.79. The molecule has 0 aliphatic heterocycles. The van der Waals surface area contributed by atoms with E-state index in [0.29, 0.717) is 4.47 Å². The summed E-state index contributed by atoms with van der Waals surface area (Å²) in [4.78, 5) is 24.8. The summed E-state index contributed by atoms with van der Waals surface area (Å²) in [6.45, 7) is 0. The number of carboxylic acid groups (broad SMARTS) is 1. The van der Waals surface area contributed by atoms with Crippen LogP contribution in [-0.4, -0.2) is 21.0 Å². The molecular formula is C12H7BrN2O5. The summed E-state index contributed by atoms with van der Waals surface area (Å²) < 4.78 is 5.89. The molecule has 1 heterocycles. The minimum atomic E-state index is -1.21. The summed E-state index contributed by atoms with van der Waals surface area (Å²) in [7, 11) is 0. The van der Waals surface area contributed by atoms with E-state index in [9.17, 15) is 14.9 Å². The van der Waals surface area contributed by atoms with Crippen molar-refractivity contribution in [1.82, 2.24) is 4.98 Å². The maximum atomic E-state index is 10.9. The van der Waals surface area contributed by atoms with Crippen LogP contribution in [0, 0.1) is 10.1 Å². The molecule has 20 heavy (non-hydrogen) atoms. The van der Waals surface area contributed by atoms with Crippen LogP contribution in [0.25, 0.3) is 0 Å². The zero-order valence-electron chi connectivity index (χ0n) is 9.82. The minimum Gasteiger partial charge on any atom is -0.477 e. The molecule has 0 radical (unpaired) electrons. The molecule has 7 nitrogen and oxygen atoms in total. The number of nitro benzene ring substituents is 1. The number of hydrogen-bond acceptors (Lipinski definition) is 5. The van der Waals surface area contributed by atoms with E-state index < -0.39 is 10.9 Å². The second kappa shape index (κ2) is 5.66. The largest absolute Gasteiger partial charge is 0.477 e. The standard InChI is InChI=1S/C12H7BrN2O5/c13-7-1-2-11(10(5-7)15(18)19)20-8-3-4-14-9(6-8)12(16)17/h1-6H,(H,16,17). The van der Waals surface area contributed by atoms with Gasteiger partial charge in [0, 0.05) is 22.8 Å². The number of halogens is 1. The van der Waals surface area contributed by atoms with E-state index in [4.69, 9.17) is 9.84 Å². The summed E-state index contributed by atoms with van der Waals surface area (Å²) in [5.74, 6) is -1.04. The first kappa shape index (κ1) is 13.9. The van der Waals surface area contributed by atoms with Crippen molar-refractivity contribution in [2.75, 3.05) is 0 Å². The van der Waals surface area contributed by atoms with Crippen molar-refractivity contribution in [3.63, 3.8) is 0 Å². The third kappa shape index (κ3) is 3.09. The molecule has 0 spiro atoms. The van der Waals surface area contributed by atoms with Crippen LogP contribution in [0.15, 0.2) is 41.0 Å². The molecule has 8 heteroatoms. The lowest BCUT2D eigenvalue weighted by molar-refractivity contribution is -0.385. The fraction of sp³-hybridized carbons (Fsp3) is 0. The second-order valence-electron chi connectivity index (χ2n) is 3.65. The first-order chi connectivity index (χ1) is 9.47. The van der Waals surface area contributed by atoms with Crippen LogP contribution < -0.4 is 4.74 Å².